The van der Waals surface area contributed by atoms with Crippen molar-refractivity contribution in [2.75, 3.05) is 11.9 Å². The topological polar surface area (TPSA) is 80.3 Å². The minimum absolute atomic E-state index is 0.0984. The van der Waals surface area contributed by atoms with E-state index in [1.165, 1.54) is 0 Å². The number of carbonyl (C=O) groups is 2. The molecule has 2 heterocycles. The van der Waals surface area contributed by atoms with Crippen LogP contribution >= 0.6 is 11.8 Å². The molecule has 0 spiro atoms. The number of anilines is 1. The van der Waals surface area contributed by atoms with Crippen LogP contribution in [0, 0.1) is 0 Å². The standard InChI is InChI=1S/C18H17N3O3S/c1-12(20-16-4-2-3-9-19-16)11-24-14-7-5-13(6-8-14)10-15-17(22)21-18(23)25-15/h2-10,12H,11H2,1H3,(H,19,20)(H,21,22,23)/b15-10-/t12-/m0/s1. The Bertz CT molecular complexity index is 791. The van der Waals surface area contributed by atoms with Gasteiger partial charge in [-0.15, -0.1) is 0 Å². The maximum absolute atomic E-state index is 11.5. The van der Waals surface area contributed by atoms with Crippen LogP contribution in [-0.2, 0) is 4.79 Å². The molecule has 2 aromatic rings. The second-order valence-corrected chi connectivity index (χ2v) is 6.51. The fraction of sp³-hybridized carbons (Fsp3) is 0.167. The van der Waals surface area contributed by atoms with Gasteiger partial charge in [0.05, 0.1) is 10.9 Å². The molecule has 1 aliphatic rings. The van der Waals surface area contributed by atoms with Gasteiger partial charge in [-0.25, -0.2) is 4.98 Å². The van der Waals surface area contributed by atoms with Crippen LogP contribution in [0.4, 0.5) is 10.6 Å². The predicted molar refractivity (Wildman–Crippen MR) is 98.4 cm³/mol. The van der Waals surface area contributed by atoms with Gasteiger partial charge < -0.3 is 10.1 Å². The van der Waals surface area contributed by atoms with Crippen molar-refractivity contribution in [2.45, 2.75) is 13.0 Å². The third kappa shape index (κ3) is 4.84. The van der Waals surface area contributed by atoms with Gasteiger partial charge in [0.15, 0.2) is 0 Å². The molecule has 1 saturated heterocycles. The number of imide groups is 1. The molecular formula is C18H17N3O3S. The van der Waals surface area contributed by atoms with E-state index in [1.54, 1.807) is 12.3 Å². The number of pyridine rings is 1. The quantitative estimate of drug-likeness (QED) is 0.774. The Morgan fingerprint density at radius 1 is 1.24 bits per heavy atom. The van der Waals surface area contributed by atoms with Crippen molar-refractivity contribution < 1.29 is 14.3 Å². The fourth-order valence-corrected chi connectivity index (χ4v) is 2.88. The summed E-state index contributed by atoms with van der Waals surface area (Å²) in [5.41, 5.74) is 0.833. The van der Waals surface area contributed by atoms with Crippen molar-refractivity contribution in [3.8, 4) is 5.75 Å². The van der Waals surface area contributed by atoms with Crippen molar-refractivity contribution in [1.82, 2.24) is 10.3 Å². The molecule has 7 heteroatoms. The Morgan fingerprint density at radius 2 is 2.04 bits per heavy atom. The smallest absolute Gasteiger partial charge is 0.290 e. The fourth-order valence-electron chi connectivity index (χ4n) is 2.20. The number of carbonyl (C=O) groups excluding carboxylic acids is 2. The van der Waals surface area contributed by atoms with Gasteiger partial charge in [-0.05, 0) is 54.6 Å². The predicted octanol–water partition coefficient (Wildman–Crippen LogP) is 3.28. The number of nitrogens with zero attached hydrogens (tertiary/aromatic N) is 1. The van der Waals surface area contributed by atoms with Crippen LogP contribution in [0.25, 0.3) is 6.08 Å². The number of amides is 2. The number of benzene rings is 1. The van der Waals surface area contributed by atoms with Gasteiger partial charge in [0.1, 0.15) is 18.2 Å². The highest BCUT2D eigenvalue weighted by Gasteiger charge is 2.24. The Hall–Kier alpha value is -2.80. The van der Waals surface area contributed by atoms with E-state index in [-0.39, 0.29) is 17.2 Å². The van der Waals surface area contributed by atoms with Crippen LogP contribution in [-0.4, -0.2) is 28.8 Å². The summed E-state index contributed by atoms with van der Waals surface area (Å²) in [6.45, 7) is 2.50. The monoisotopic (exact) mass is 355 g/mol. The lowest BCUT2D eigenvalue weighted by Crippen LogP contribution is -2.23. The third-order valence-corrected chi connectivity index (χ3v) is 4.19. The number of thioether (sulfide) groups is 1. The highest BCUT2D eigenvalue weighted by molar-refractivity contribution is 8.18. The molecule has 25 heavy (non-hydrogen) atoms. The molecule has 6 nitrogen and oxygen atoms in total. The highest BCUT2D eigenvalue weighted by Crippen LogP contribution is 2.26. The van der Waals surface area contributed by atoms with Gasteiger partial charge in [0.2, 0.25) is 0 Å². The molecule has 1 aromatic carbocycles. The molecule has 1 fully saturated rings. The first-order valence-electron chi connectivity index (χ1n) is 7.75. The zero-order valence-corrected chi connectivity index (χ0v) is 14.4. The molecule has 0 radical (unpaired) electrons. The number of hydrogen-bond acceptors (Lipinski definition) is 6. The lowest BCUT2D eigenvalue weighted by Gasteiger charge is -2.15. The second-order valence-electron chi connectivity index (χ2n) is 5.49. The van der Waals surface area contributed by atoms with E-state index < -0.39 is 0 Å². The van der Waals surface area contributed by atoms with Crippen LogP contribution in [0.1, 0.15) is 12.5 Å². The number of nitrogens with one attached hydrogen (secondary N) is 2. The van der Waals surface area contributed by atoms with E-state index in [4.69, 9.17) is 4.74 Å². The van der Waals surface area contributed by atoms with Crippen molar-refractivity contribution in [1.29, 1.82) is 0 Å². The Labute approximate surface area is 149 Å². The maximum atomic E-state index is 11.5. The van der Waals surface area contributed by atoms with Gasteiger partial charge >= 0.3 is 0 Å². The van der Waals surface area contributed by atoms with Crippen LogP contribution in [0.5, 0.6) is 5.75 Å². The number of rotatable bonds is 6. The summed E-state index contributed by atoms with van der Waals surface area (Å²) in [5, 5.41) is 5.15. The zero-order chi connectivity index (χ0) is 17.6. The van der Waals surface area contributed by atoms with E-state index in [0.717, 1.165) is 28.9 Å². The summed E-state index contributed by atoms with van der Waals surface area (Å²) >= 11 is 0.904. The molecule has 1 atom stereocenters. The maximum Gasteiger partial charge on any atom is 0.290 e. The first kappa shape index (κ1) is 17.0. The van der Waals surface area contributed by atoms with E-state index in [0.29, 0.717) is 11.5 Å². The van der Waals surface area contributed by atoms with Crippen LogP contribution in [0.2, 0.25) is 0 Å². The normalized spacial score (nSPS) is 16.6. The first-order chi connectivity index (χ1) is 12.1. The molecule has 1 aliphatic heterocycles. The molecule has 0 saturated carbocycles. The van der Waals surface area contributed by atoms with Gasteiger partial charge in [-0.1, -0.05) is 18.2 Å². The minimum Gasteiger partial charge on any atom is -0.491 e. The summed E-state index contributed by atoms with van der Waals surface area (Å²) in [7, 11) is 0. The Kier molecular flexibility index (Phi) is 5.35. The molecule has 2 N–H and O–H groups in total. The van der Waals surface area contributed by atoms with Crippen molar-refractivity contribution in [3.63, 3.8) is 0 Å². The molecule has 1 aromatic heterocycles. The number of ether oxygens (including phenoxy) is 1. The average Bonchev–Trinajstić information content (AvgIpc) is 2.92. The summed E-state index contributed by atoms with van der Waals surface area (Å²) < 4.78 is 5.75. The van der Waals surface area contributed by atoms with E-state index in [1.807, 2.05) is 49.4 Å². The van der Waals surface area contributed by atoms with Crippen LogP contribution in [0.3, 0.4) is 0 Å². The van der Waals surface area contributed by atoms with Crippen LogP contribution < -0.4 is 15.4 Å². The molecule has 0 bridgehead atoms. The summed E-state index contributed by atoms with van der Waals surface area (Å²) in [5.74, 6) is 1.18. The Balaban J connectivity index is 1.53. The second kappa shape index (κ2) is 7.85. The number of aromatic nitrogens is 1. The van der Waals surface area contributed by atoms with Gasteiger partial charge in [0, 0.05) is 6.20 Å². The Morgan fingerprint density at radius 3 is 2.68 bits per heavy atom. The van der Waals surface area contributed by atoms with Gasteiger partial charge in [-0.3, -0.25) is 14.9 Å². The van der Waals surface area contributed by atoms with Crippen molar-refractivity contribution >= 4 is 34.8 Å². The molecule has 0 aliphatic carbocycles. The highest BCUT2D eigenvalue weighted by atomic mass is 32.2. The molecule has 128 valence electrons. The summed E-state index contributed by atoms with van der Waals surface area (Å²) in [6, 6.07) is 13.1. The van der Waals surface area contributed by atoms with E-state index in [9.17, 15) is 9.59 Å². The largest absolute Gasteiger partial charge is 0.491 e. The van der Waals surface area contributed by atoms with Crippen LogP contribution in [0.15, 0.2) is 53.6 Å². The van der Waals surface area contributed by atoms with Gasteiger partial charge in [0.25, 0.3) is 11.1 Å². The lowest BCUT2D eigenvalue weighted by molar-refractivity contribution is -0.115. The van der Waals surface area contributed by atoms with Crippen molar-refractivity contribution in [3.05, 3.63) is 59.1 Å². The van der Waals surface area contributed by atoms with E-state index >= 15 is 0 Å². The van der Waals surface area contributed by atoms with E-state index in [2.05, 4.69) is 15.6 Å². The average molecular weight is 355 g/mol. The molecule has 3 rings (SSSR count). The molecule has 2 amide bonds. The molecular weight excluding hydrogens is 338 g/mol. The summed E-state index contributed by atoms with van der Waals surface area (Å²) in [4.78, 5) is 27.3. The van der Waals surface area contributed by atoms with Crippen molar-refractivity contribution in [2.24, 2.45) is 0 Å². The minimum atomic E-state index is -0.357. The lowest BCUT2D eigenvalue weighted by atomic mass is 10.2. The summed E-state index contributed by atoms with van der Waals surface area (Å²) in [6.07, 6.45) is 3.42. The number of hydrogen-bond donors (Lipinski definition) is 2. The SMILES string of the molecule is C[C@@H](COc1ccc(/C=C2\SC(=O)NC2=O)cc1)Nc1ccccn1. The zero-order valence-electron chi connectivity index (χ0n) is 13.6. The third-order valence-electron chi connectivity index (χ3n) is 3.38. The molecule has 0 unspecified atom stereocenters. The van der Waals surface area contributed by atoms with Gasteiger partial charge in [-0.2, -0.15) is 0 Å². The first-order valence-corrected chi connectivity index (χ1v) is 8.57.